The lowest BCUT2D eigenvalue weighted by molar-refractivity contribution is -0.120. The normalized spacial score (nSPS) is 11.8. The summed E-state index contributed by atoms with van der Waals surface area (Å²) in [5.41, 5.74) is 7.47. The molecule has 2 aromatic rings. The minimum atomic E-state index is -0.311. The van der Waals surface area contributed by atoms with Crippen LogP contribution in [0.5, 0.6) is 0 Å². The van der Waals surface area contributed by atoms with E-state index in [0.29, 0.717) is 6.54 Å². The summed E-state index contributed by atoms with van der Waals surface area (Å²) in [6.45, 7) is 4.59. The Labute approximate surface area is 119 Å². The Morgan fingerprint density at radius 3 is 2.80 bits per heavy atom. The van der Waals surface area contributed by atoms with Gasteiger partial charge in [-0.15, -0.1) is 0 Å². The van der Waals surface area contributed by atoms with Crippen molar-refractivity contribution in [2.24, 2.45) is 5.73 Å². The van der Waals surface area contributed by atoms with Crippen molar-refractivity contribution in [1.29, 1.82) is 0 Å². The zero-order valence-corrected chi connectivity index (χ0v) is 12.1. The van der Waals surface area contributed by atoms with Crippen LogP contribution >= 0.6 is 0 Å². The molecule has 2 rings (SSSR count). The zero-order chi connectivity index (χ0) is 14.6. The summed E-state index contributed by atoms with van der Waals surface area (Å²) >= 11 is 0. The van der Waals surface area contributed by atoms with Gasteiger partial charge in [0.05, 0.1) is 12.1 Å². The van der Waals surface area contributed by atoms with Crippen LogP contribution in [-0.2, 0) is 11.2 Å². The van der Waals surface area contributed by atoms with Gasteiger partial charge in [0.25, 0.3) is 0 Å². The van der Waals surface area contributed by atoms with Gasteiger partial charge in [-0.1, -0.05) is 19.9 Å². The van der Waals surface area contributed by atoms with Crippen LogP contribution in [0, 0.1) is 0 Å². The summed E-state index contributed by atoms with van der Waals surface area (Å²) in [6.07, 6.45) is 5.77. The Kier molecular flexibility index (Phi) is 4.39. The van der Waals surface area contributed by atoms with E-state index in [4.69, 9.17) is 5.73 Å². The number of pyridine rings is 1. The molecule has 3 N–H and O–H groups in total. The third-order valence-corrected chi connectivity index (χ3v) is 3.80. The van der Waals surface area contributed by atoms with Gasteiger partial charge in [0.1, 0.15) is 5.65 Å². The van der Waals surface area contributed by atoms with E-state index in [-0.39, 0.29) is 17.9 Å². The molecule has 0 aliphatic carbocycles. The Balaban J connectivity index is 1.94. The van der Waals surface area contributed by atoms with E-state index in [1.165, 1.54) is 0 Å². The minimum Gasteiger partial charge on any atom is -0.354 e. The van der Waals surface area contributed by atoms with Crippen LogP contribution in [-0.4, -0.2) is 27.4 Å². The maximum atomic E-state index is 12.0. The lowest BCUT2D eigenvalue weighted by Crippen LogP contribution is -2.49. The number of amides is 1. The molecule has 20 heavy (non-hydrogen) atoms. The van der Waals surface area contributed by atoms with E-state index in [2.05, 4.69) is 10.3 Å². The monoisotopic (exact) mass is 274 g/mol. The van der Waals surface area contributed by atoms with Crippen molar-refractivity contribution in [2.75, 3.05) is 6.54 Å². The second-order valence-electron chi connectivity index (χ2n) is 5.22. The van der Waals surface area contributed by atoms with Crippen molar-refractivity contribution >= 4 is 11.6 Å². The molecule has 5 nitrogen and oxygen atoms in total. The third-order valence-electron chi connectivity index (χ3n) is 3.80. The number of nitrogens with zero attached hydrogens (tertiary/aromatic N) is 2. The molecule has 0 unspecified atom stereocenters. The van der Waals surface area contributed by atoms with Gasteiger partial charge in [-0.2, -0.15) is 0 Å². The summed E-state index contributed by atoms with van der Waals surface area (Å²) in [7, 11) is 0. The van der Waals surface area contributed by atoms with Crippen molar-refractivity contribution in [1.82, 2.24) is 14.7 Å². The lowest BCUT2D eigenvalue weighted by Gasteiger charge is -2.26. The zero-order valence-electron chi connectivity index (χ0n) is 12.1. The molecule has 2 aromatic heterocycles. The first-order valence-corrected chi connectivity index (χ1v) is 7.04. The smallest absolute Gasteiger partial charge is 0.226 e. The Bertz CT molecular complexity index is 553. The predicted molar refractivity (Wildman–Crippen MR) is 79.4 cm³/mol. The molecule has 0 aliphatic rings. The van der Waals surface area contributed by atoms with Crippen LogP contribution in [0.4, 0.5) is 0 Å². The van der Waals surface area contributed by atoms with Gasteiger partial charge in [0.15, 0.2) is 0 Å². The topological polar surface area (TPSA) is 72.4 Å². The molecule has 0 fully saturated rings. The molecule has 5 heteroatoms. The van der Waals surface area contributed by atoms with E-state index in [1.54, 1.807) is 0 Å². The number of carbonyl (C=O) groups is 1. The van der Waals surface area contributed by atoms with E-state index in [1.807, 2.05) is 48.8 Å². The molecular weight excluding hydrogens is 252 g/mol. The SMILES string of the molecule is CCC(N)(CC)CNC(=O)Cc1cn2ccccc2n1. The standard InChI is InChI=1S/C15H22N4O/c1-3-15(16,4-2)11-17-14(20)9-12-10-19-8-6-5-7-13(19)18-12/h5-8,10H,3-4,9,11,16H2,1-2H3,(H,17,20). The summed E-state index contributed by atoms with van der Waals surface area (Å²) in [4.78, 5) is 16.4. The molecule has 0 bridgehead atoms. The highest BCUT2D eigenvalue weighted by molar-refractivity contribution is 5.78. The summed E-state index contributed by atoms with van der Waals surface area (Å²) < 4.78 is 1.91. The number of hydrogen-bond donors (Lipinski definition) is 2. The van der Waals surface area contributed by atoms with Crippen LogP contribution in [0.3, 0.4) is 0 Å². The molecule has 0 saturated heterocycles. The maximum absolute atomic E-state index is 12.0. The molecule has 1 amide bonds. The third kappa shape index (κ3) is 3.36. The molecule has 0 radical (unpaired) electrons. The average molecular weight is 274 g/mol. The first-order valence-electron chi connectivity index (χ1n) is 7.04. The number of nitrogens with two attached hydrogens (primary N) is 1. The van der Waals surface area contributed by atoms with Gasteiger partial charge in [-0.05, 0) is 25.0 Å². The van der Waals surface area contributed by atoms with Crippen molar-refractivity contribution in [3.63, 3.8) is 0 Å². The van der Waals surface area contributed by atoms with Gasteiger partial charge >= 0.3 is 0 Å². The molecule has 0 atom stereocenters. The number of imidazole rings is 1. The van der Waals surface area contributed by atoms with E-state index in [9.17, 15) is 4.79 Å². The van der Waals surface area contributed by atoms with E-state index in [0.717, 1.165) is 24.2 Å². The molecular formula is C15H22N4O. The quantitative estimate of drug-likeness (QED) is 0.838. The fraction of sp³-hybridized carbons (Fsp3) is 0.467. The molecule has 0 aromatic carbocycles. The summed E-state index contributed by atoms with van der Waals surface area (Å²) in [5, 5.41) is 2.90. The first-order chi connectivity index (χ1) is 9.56. The predicted octanol–water partition coefficient (Wildman–Crippen LogP) is 1.51. The van der Waals surface area contributed by atoms with Crippen LogP contribution in [0.1, 0.15) is 32.4 Å². The number of rotatable bonds is 6. The Morgan fingerprint density at radius 2 is 2.15 bits per heavy atom. The fourth-order valence-corrected chi connectivity index (χ4v) is 2.07. The van der Waals surface area contributed by atoms with Gasteiger partial charge in [0.2, 0.25) is 5.91 Å². The van der Waals surface area contributed by atoms with Crippen LogP contribution in [0.2, 0.25) is 0 Å². The molecule has 108 valence electrons. The molecule has 2 heterocycles. The number of aromatic nitrogens is 2. The first kappa shape index (κ1) is 14.5. The van der Waals surface area contributed by atoms with Crippen LogP contribution in [0.25, 0.3) is 5.65 Å². The van der Waals surface area contributed by atoms with E-state index >= 15 is 0 Å². The number of hydrogen-bond acceptors (Lipinski definition) is 3. The fourth-order valence-electron chi connectivity index (χ4n) is 2.07. The van der Waals surface area contributed by atoms with Gasteiger partial charge in [0, 0.05) is 24.5 Å². The van der Waals surface area contributed by atoms with Gasteiger partial charge in [-0.3, -0.25) is 4.79 Å². The second kappa shape index (κ2) is 6.05. The number of nitrogens with one attached hydrogen (secondary N) is 1. The van der Waals surface area contributed by atoms with Crippen molar-refractivity contribution in [3.8, 4) is 0 Å². The average Bonchev–Trinajstić information content (AvgIpc) is 2.87. The maximum Gasteiger partial charge on any atom is 0.226 e. The van der Waals surface area contributed by atoms with Gasteiger partial charge in [-0.25, -0.2) is 4.98 Å². The van der Waals surface area contributed by atoms with Gasteiger partial charge < -0.3 is 15.5 Å². The number of carbonyl (C=O) groups excluding carboxylic acids is 1. The largest absolute Gasteiger partial charge is 0.354 e. The number of fused-ring (bicyclic) bond motifs is 1. The van der Waals surface area contributed by atoms with Crippen molar-refractivity contribution in [3.05, 3.63) is 36.3 Å². The minimum absolute atomic E-state index is 0.0369. The molecule has 0 aliphatic heterocycles. The molecule has 0 saturated carbocycles. The highest BCUT2D eigenvalue weighted by atomic mass is 16.1. The highest BCUT2D eigenvalue weighted by Crippen LogP contribution is 2.10. The summed E-state index contributed by atoms with van der Waals surface area (Å²) in [5.74, 6) is -0.0369. The highest BCUT2D eigenvalue weighted by Gasteiger charge is 2.21. The Morgan fingerprint density at radius 1 is 1.40 bits per heavy atom. The van der Waals surface area contributed by atoms with Crippen LogP contribution < -0.4 is 11.1 Å². The molecule has 0 spiro atoms. The van der Waals surface area contributed by atoms with E-state index < -0.39 is 0 Å². The second-order valence-corrected chi connectivity index (χ2v) is 5.22. The van der Waals surface area contributed by atoms with Crippen molar-refractivity contribution in [2.45, 2.75) is 38.6 Å². The van der Waals surface area contributed by atoms with Crippen LogP contribution in [0.15, 0.2) is 30.6 Å². The lowest BCUT2D eigenvalue weighted by atomic mass is 9.94. The summed E-state index contributed by atoms with van der Waals surface area (Å²) in [6, 6.07) is 5.78. The van der Waals surface area contributed by atoms with Crippen molar-refractivity contribution < 1.29 is 4.79 Å². The Hall–Kier alpha value is -1.88.